The van der Waals surface area contributed by atoms with Crippen molar-refractivity contribution >= 4 is 0 Å². The Bertz CT molecular complexity index is 752. The molecule has 0 spiro atoms. The van der Waals surface area contributed by atoms with E-state index in [1.807, 2.05) is 0 Å². The molecule has 0 bridgehead atoms. The van der Waals surface area contributed by atoms with Crippen molar-refractivity contribution in [3.63, 3.8) is 0 Å². The number of aliphatic hydroxyl groups excluding tert-OH is 3. The first-order valence-corrected chi connectivity index (χ1v) is 13.5. The molecule has 0 aromatic carbocycles. The number of allylic oxidation sites excluding steroid dienone is 3. The number of rotatable bonds is 6. The fourth-order valence-corrected chi connectivity index (χ4v) is 8.84. The van der Waals surface area contributed by atoms with Gasteiger partial charge in [0, 0.05) is 10.8 Å². The van der Waals surface area contributed by atoms with E-state index >= 15 is 0 Å². The molecule has 0 radical (unpaired) electrons. The Labute approximate surface area is 196 Å². The summed E-state index contributed by atoms with van der Waals surface area (Å²) < 4.78 is 0. The zero-order chi connectivity index (χ0) is 23.3. The van der Waals surface area contributed by atoms with Crippen molar-refractivity contribution in [2.24, 2.45) is 40.4 Å². The Hall–Kier alpha value is -0.640. The minimum absolute atomic E-state index is 0.0379. The summed E-state index contributed by atoms with van der Waals surface area (Å²) in [6.45, 7) is 11.8. The van der Waals surface area contributed by atoms with E-state index in [1.165, 1.54) is 31.3 Å². The molecule has 8 atom stereocenters. The van der Waals surface area contributed by atoms with E-state index in [0.29, 0.717) is 29.6 Å². The van der Waals surface area contributed by atoms with Crippen LogP contribution in [0.1, 0.15) is 98.8 Å². The van der Waals surface area contributed by atoms with E-state index in [-0.39, 0.29) is 29.6 Å². The van der Waals surface area contributed by atoms with Gasteiger partial charge in [0.2, 0.25) is 0 Å². The standard InChI is InChI=1S/C29H48O3/c1-6-20(18(2)3)8-7-19(4)24-11-12-25-23-10-9-21-15-22(31)13-14-29(21,17-30)26(23)16-27(32)28(24,25)5/h6,18-19,21-22,24-25,27,30-32H,7-17H2,1-5H3. The van der Waals surface area contributed by atoms with Crippen LogP contribution in [0.15, 0.2) is 22.8 Å². The number of fused-ring (bicyclic) bond motifs is 4. The summed E-state index contributed by atoms with van der Waals surface area (Å²) >= 11 is 0. The minimum atomic E-state index is -0.318. The monoisotopic (exact) mass is 444 g/mol. The van der Waals surface area contributed by atoms with Crippen LogP contribution < -0.4 is 0 Å². The van der Waals surface area contributed by atoms with Gasteiger partial charge in [0.1, 0.15) is 0 Å². The molecule has 4 aliphatic rings. The zero-order valence-electron chi connectivity index (χ0n) is 21.2. The topological polar surface area (TPSA) is 60.7 Å². The molecule has 0 heterocycles. The summed E-state index contributed by atoms with van der Waals surface area (Å²) in [6, 6.07) is 0. The van der Waals surface area contributed by atoms with Crippen LogP contribution in [0.3, 0.4) is 0 Å². The molecular weight excluding hydrogens is 396 g/mol. The Morgan fingerprint density at radius 1 is 1.12 bits per heavy atom. The fraction of sp³-hybridized carbons (Fsp3) is 0.862. The highest BCUT2D eigenvalue weighted by molar-refractivity contribution is 5.36. The molecule has 2 saturated carbocycles. The van der Waals surface area contributed by atoms with Gasteiger partial charge in [-0.05, 0) is 101 Å². The summed E-state index contributed by atoms with van der Waals surface area (Å²) in [5.41, 5.74) is 4.35. The van der Waals surface area contributed by atoms with Crippen molar-refractivity contribution in [2.45, 2.75) is 111 Å². The first-order chi connectivity index (χ1) is 15.2. The van der Waals surface area contributed by atoms with Gasteiger partial charge in [0.25, 0.3) is 0 Å². The fourth-order valence-electron chi connectivity index (χ4n) is 8.84. The SMILES string of the molecule is CC=C(CCC(C)C1CCC2C3=C(CC(O)C21C)C1(CO)CCC(O)CC1CC3)C(C)C. The van der Waals surface area contributed by atoms with Crippen LogP contribution in [0, 0.1) is 40.4 Å². The van der Waals surface area contributed by atoms with Crippen LogP contribution in [0.5, 0.6) is 0 Å². The van der Waals surface area contributed by atoms with Crippen LogP contribution in [-0.4, -0.2) is 34.1 Å². The average molecular weight is 445 g/mol. The average Bonchev–Trinajstić information content (AvgIpc) is 3.13. The molecule has 3 N–H and O–H groups in total. The Balaban J connectivity index is 1.59. The first kappa shape index (κ1) is 24.5. The Kier molecular flexibility index (Phi) is 7.03. The number of aliphatic hydroxyl groups is 3. The van der Waals surface area contributed by atoms with Crippen molar-refractivity contribution in [3.05, 3.63) is 22.8 Å². The Morgan fingerprint density at radius 3 is 2.53 bits per heavy atom. The Morgan fingerprint density at radius 2 is 1.88 bits per heavy atom. The van der Waals surface area contributed by atoms with Crippen molar-refractivity contribution < 1.29 is 15.3 Å². The molecule has 32 heavy (non-hydrogen) atoms. The summed E-state index contributed by atoms with van der Waals surface area (Å²) in [5, 5.41) is 32.6. The predicted octanol–water partition coefficient (Wildman–Crippen LogP) is 6.03. The molecule has 0 aliphatic heterocycles. The van der Waals surface area contributed by atoms with Gasteiger partial charge in [-0.3, -0.25) is 0 Å². The molecule has 0 amide bonds. The smallest absolute Gasteiger partial charge is 0.0639 e. The molecule has 4 aliphatic carbocycles. The van der Waals surface area contributed by atoms with E-state index in [1.54, 1.807) is 11.1 Å². The first-order valence-electron chi connectivity index (χ1n) is 13.5. The van der Waals surface area contributed by atoms with Crippen LogP contribution in [0.2, 0.25) is 0 Å². The highest BCUT2D eigenvalue weighted by atomic mass is 16.3. The molecule has 2 fully saturated rings. The predicted molar refractivity (Wildman–Crippen MR) is 131 cm³/mol. The quantitative estimate of drug-likeness (QED) is 0.438. The molecule has 3 heteroatoms. The summed E-state index contributed by atoms with van der Waals surface area (Å²) in [6.07, 6.45) is 12.0. The van der Waals surface area contributed by atoms with Gasteiger partial charge in [-0.2, -0.15) is 0 Å². The van der Waals surface area contributed by atoms with Gasteiger partial charge in [0.15, 0.2) is 0 Å². The van der Waals surface area contributed by atoms with Gasteiger partial charge < -0.3 is 15.3 Å². The largest absolute Gasteiger partial charge is 0.395 e. The summed E-state index contributed by atoms with van der Waals surface area (Å²) in [4.78, 5) is 0. The molecule has 4 rings (SSSR count). The molecule has 0 aromatic rings. The highest BCUT2D eigenvalue weighted by Crippen LogP contribution is 2.66. The molecular formula is C29H48O3. The highest BCUT2D eigenvalue weighted by Gasteiger charge is 2.60. The van der Waals surface area contributed by atoms with Gasteiger partial charge in [0.05, 0.1) is 18.8 Å². The summed E-state index contributed by atoms with van der Waals surface area (Å²) in [7, 11) is 0. The third kappa shape index (κ3) is 3.75. The molecule has 0 aromatic heterocycles. The third-order valence-corrected chi connectivity index (χ3v) is 10.8. The lowest BCUT2D eigenvalue weighted by atomic mass is 9.49. The zero-order valence-corrected chi connectivity index (χ0v) is 21.2. The van der Waals surface area contributed by atoms with Crippen LogP contribution in [-0.2, 0) is 0 Å². The van der Waals surface area contributed by atoms with E-state index in [4.69, 9.17) is 0 Å². The number of hydrogen-bond acceptors (Lipinski definition) is 3. The van der Waals surface area contributed by atoms with E-state index in [2.05, 4.69) is 40.7 Å². The van der Waals surface area contributed by atoms with E-state index < -0.39 is 0 Å². The van der Waals surface area contributed by atoms with E-state index in [9.17, 15) is 15.3 Å². The molecule has 182 valence electrons. The van der Waals surface area contributed by atoms with Gasteiger partial charge >= 0.3 is 0 Å². The maximum absolute atomic E-state index is 11.7. The second-order valence-electron chi connectivity index (χ2n) is 12.3. The second kappa shape index (κ2) is 9.19. The van der Waals surface area contributed by atoms with Gasteiger partial charge in [-0.25, -0.2) is 0 Å². The minimum Gasteiger partial charge on any atom is -0.395 e. The lowest BCUT2D eigenvalue weighted by Crippen LogP contribution is -2.53. The third-order valence-electron chi connectivity index (χ3n) is 10.8. The maximum Gasteiger partial charge on any atom is 0.0639 e. The normalized spacial score (nSPS) is 43.2. The molecule has 3 nitrogen and oxygen atoms in total. The van der Waals surface area contributed by atoms with E-state index in [0.717, 1.165) is 38.5 Å². The van der Waals surface area contributed by atoms with Crippen LogP contribution in [0.25, 0.3) is 0 Å². The lowest BCUT2D eigenvalue weighted by Gasteiger charge is -2.57. The molecule has 0 saturated heterocycles. The van der Waals surface area contributed by atoms with Crippen molar-refractivity contribution in [1.82, 2.24) is 0 Å². The van der Waals surface area contributed by atoms with Gasteiger partial charge in [-0.1, -0.05) is 50.5 Å². The van der Waals surface area contributed by atoms with Crippen molar-refractivity contribution in [1.29, 1.82) is 0 Å². The maximum atomic E-state index is 11.7. The van der Waals surface area contributed by atoms with Crippen LogP contribution in [0.4, 0.5) is 0 Å². The lowest BCUT2D eigenvalue weighted by molar-refractivity contribution is -0.0663. The van der Waals surface area contributed by atoms with Crippen molar-refractivity contribution in [2.75, 3.05) is 6.61 Å². The number of hydrogen-bond donors (Lipinski definition) is 3. The molecule has 8 unspecified atom stereocenters. The van der Waals surface area contributed by atoms with Crippen molar-refractivity contribution in [3.8, 4) is 0 Å². The van der Waals surface area contributed by atoms with Crippen LogP contribution >= 0.6 is 0 Å². The second-order valence-corrected chi connectivity index (χ2v) is 12.3. The van der Waals surface area contributed by atoms with Gasteiger partial charge in [-0.15, -0.1) is 0 Å². The summed E-state index contributed by atoms with van der Waals surface area (Å²) in [5.74, 6) is 2.64.